The van der Waals surface area contributed by atoms with Crippen LogP contribution in [0.5, 0.6) is 0 Å². The Morgan fingerprint density at radius 2 is 1.44 bits per heavy atom. The fourth-order valence-corrected chi connectivity index (χ4v) is 3.02. The highest BCUT2D eigenvalue weighted by atomic mass is 16.5. The molecule has 0 saturated heterocycles. The Morgan fingerprint density at radius 3 is 1.94 bits per heavy atom. The fraction of sp³-hybridized carbons (Fsp3) is 0.565. The van der Waals surface area contributed by atoms with Crippen molar-refractivity contribution in [2.24, 2.45) is 5.92 Å². The van der Waals surface area contributed by atoms with E-state index in [-0.39, 0.29) is 18.9 Å². The Morgan fingerprint density at radius 1 is 0.853 bits per heavy atom. The molecule has 1 aromatic rings. The number of ether oxygens (including phenoxy) is 2. The SMILES string of the molecule is COC(=O)C(NC(=O)C(CC(C)C)NC(=O)C(NC(=O)OCc1ccccc1)C(C)O)C(C)O. The van der Waals surface area contributed by atoms with Gasteiger partial charge in [-0.3, -0.25) is 9.59 Å². The second-order valence-corrected chi connectivity index (χ2v) is 8.37. The first-order valence-electron chi connectivity index (χ1n) is 11.0. The molecular formula is C23H35N3O8. The largest absolute Gasteiger partial charge is 0.467 e. The summed E-state index contributed by atoms with van der Waals surface area (Å²) in [5.41, 5.74) is 0.739. The van der Waals surface area contributed by atoms with E-state index in [1.165, 1.54) is 13.8 Å². The van der Waals surface area contributed by atoms with Crippen molar-refractivity contribution in [3.05, 3.63) is 35.9 Å². The molecule has 3 amide bonds. The van der Waals surface area contributed by atoms with Crippen molar-refractivity contribution in [2.45, 2.75) is 71.1 Å². The van der Waals surface area contributed by atoms with Gasteiger partial charge in [0.1, 0.15) is 18.7 Å². The van der Waals surface area contributed by atoms with Gasteiger partial charge in [-0.25, -0.2) is 9.59 Å². The zero-order chi connectivity index (χ0) is 25.8. The van der Waals surface area contributed by atoms with Gasteiger partial charge in [0.05, 0.1) is 19.3 Å². The maximum Gasteiger partial charge on any atom is 0.408 e. The molecule has 0 heterocycles. The van der Waals surface area contributed by atoms with Gasteiger partial charge in [0.15, 0.2) is 6.04 Å². The smallest absolute Gasteiger partial charge is 0.408 e. The average molecular weight is 482 g/mol. The number of carbonyl (C=O) groups excluding carboxylic acids is 4. The number of alkyl carbamates (subject to hydrolysis) is 1. The van der Waals surface area contributed by atoms with Gasteiger partial charge in [0.25, 0.3) is 0 Å². The molecule has 0 radical (unpaired) electrons. The zero-order valence-electron chi connectivity index (χ0n) is 20.1. The fourth-order valence-electron chi connectivity index (χ4n) is 3.02. The molecule has 1 rings (SSSR count). The molecule has 5 atom stereocenters. The van der Waals surface area contributed by atoms with Crippen LogP contribution in [0.3, 0.4) is 0 Å². The van der Waals surface area contributed by atoms with Crippen molar-refractivity contribution in [2.75, 3.05) is 7.11 Å². The predicted octanol–water partition coefficient (Wildman–Crippen LogP) is 0.232. The highest BCUT2D eigenvalue weighted by molar-refractivity contribution is 5.93. The molecule has 0 aliphatic carbocycles. The van der Waals surface area contributed by atoms with E-state index in [2.05, 4.69) is 20.7 Å². The van der Waals surface area contributed by atoms with Crippen LogP contribution in [-0.2, 0) is 30.5 Å². The molecule has 5 N–H and O–H groups in total. The Labute approximate surface area is 199 Å². The summed E-state index contributed by atoms with van der Waals surface area (Å²) in [6.45, 7) is 6.23. The molecule has 5 unspecified atom stereocenters. The van der Waals surface area contributed by atoms with Gasteiger partial charge < -0.3 is 35.6 Å². The lowest BCUT2D eigenvalue weighted by atomic mass is 10.0. The highest BCUT2D eigenvalue weighted by Crippen LogP contribution is 2.08. The molecule has 11 heteroatoms. The third-order valence-electron chi connectivity index (χ3n) is 4.83. The van der Waals surface area contributed by atoms with Crippen LogP contribution in [0.4, 0.5) is 4.79 Å². The number of hydrogen-bond donors (Lipinski definition) is 5. The van der Waals surface area contributed by atoms with Crippen LogP contribution in [-0.4, -0.2) is 71.5 Å². The van der Waals surface area contributed by atoms with E-state index in [0.29, 0.717) is 0 Å². The second kappa shape index (κ2) is 14.2. The van der Waals surface area contributed by atoms with Gasteiger partial charge >= 0.3 is 12.1 Å². The van der Waals surface area contributed by atoms with Crippen molar-refractivity contribution >= 4 is 23.9 Å². The van der Waals surface area contributed by atoms with Gasteiger partial charge in [0, 0.05) is 0 Å². The molecule has 0 aliphatic rings. The Hall–Kier alpha value is -3.18. The molecule has 0 bridgehead atoms. The molecule has 0 fully saturated rings. The number of aliphatic hydroxyl groups excluding tert-OH is 2. The third kappa shape index (κ3) is 9.75. The molecule has 0 aromatic heterocycles. The topological polar surface area (TPSA) is 163 Å². The number of esters is 1. The normalized spacial score (nSPS) is 15.3. The minimum Gasteiger partial charge on any atom is -0.467 e. The maximum atomic E-state index is 12.8. The molecule has 34 heavy (non-hydrogen) atoms. The minimum atomic E-state index is -1.40. The molecular weight excluding hydrogens is 446 g/mol. The van der Waals surface area contributed by atoms with E-state index in [1.807, 2.05) is 19.9 Å². The number of rotatable bonds is 12. The minimum absolute atomic E-state index is 0.0343. The summed E-state index contributed by atoms with van der Waals surface area (Å²) < 4.78 is 9.68. The third-order valence-corrected chi connectivity index (χ3v) is 4.83. The number of carbonyl (C=O) groups is 4. The second-order valence-electron chi connectivity index (χ2n) is 8.37. The first kappa shape index (κ1) is 28.9. The molecule has 0 aliphatic heterocycles. The van der Waals surface area contributed by atoms with Crippen molar-refractivity contribution in [3.63, 3.8) is 0 Å². The number of benzene rings is 1. The van der Waals surface area contributed by atoms with E-state index in [0.717, 1.165) is 12.7 Å². The number of aliphatic hydroxyl groups is 2. The summed E-state index contributed by atoms with van der Waals surface area (Å²) in [6, 6.07) is 5.06. The summed E-state index contributed by atoms with van der Waals surface area (Å²) in [5.74, 6) is -2.43. The van der Waals surface area contributed by atoms with Crippen LogP contribution in [0.2, 0.25) is 0 Å². The lowest BCUT2D eigenvalue weighted by Gasteiger charge is -2.27. The summed E-state index contributed by atoms with van der Waals surface area (Å²) in [4.78, 5) is 49.7. The van der Waals surface area contributed by atoms with E-state index in [4.69, 9.17) is 4.74 Å². The van der Waals surface area contributed by atoms with E-state index >= 15 is 0 Å². The van der Waals surface area contributed by atoms with Gasteiger partial charge in [0.2, 0.25) is 11.8 Å². The Bertz CT molecular complexity index is 814. The van der Waals surface area contributed by atoms with E-state index < -0.39 is 54.2 Å². The van der Waals surface area contributed by atoms with Gasteiger partial charge in [-0.15, -0.1) is 0 Å². The molecule has 0 saturated carbocycles. The van der Waals surface area contributed by atoms with Gasteiger partial charge in [-0.1, -0.05) is 44.2 Å². The number of hydrogen-bond acceptors (Lipinski definition) is 8. The lowest BCUT2D eigenvalue weighted by molar-refractivity contribution is -0.148. The monoisotopic (exact) mass is 481 g/mol. The van der Waals surface area contributed by atoms with Crippen LogP contribution in [0.25, 0.3) is 0 Å². The van der Waals surface area contributed by atoms with Gasteiger partial charge in [-0.2, -0.15) is 0 Å². The van der Waals surface area contributed by atoms with Crippen LogP contribution < -0.4 is 16.0 Å². The highest BCUT2D eigenvalue weighted by Gasteiger charge is 2.33. The summed E-state index contributed by atoms with van der Waals surface area (Å²) >= 11 is 0. The summed E-state index contributed by atoms with van der Waals surface area (Å²) in [6.07, 6.45) is -3.27. The standard InChI is InChI=1S/C23H35N3O8/c1-13(2)11-17(20(29)25-19(15(4)28)22(31)33-5)24-21(30)18(14(3)27)26-23(32)34-12-16-9-7-6-8-10-16/h6-10,13-15,17-19,27-28H,11-12H2,1-5H3,(H,24,30)(H,25,29)(H,26,32). The van der Waals surface area contributed by atoms with Crippen LogP contribution in [0, 0.1) is 5.92 Å². The molecule has 0 spiro atoms. The van der Waals surface area contributed by atoms with Crippen molar-refractivity contribution < 1.29 is 38.9 Å². The van der Waals surface area contributed by atoms with Crippen LogP contribution in [0.15, 0.2) is 30.3 Å². The van der Waals surface area contributed by atoms with Gasteiger partial charge in [-0.05, 0) is 31.7 Å². The van der Waals surface area contributed by atoms with Crippen LogP contribution >= 0.6 is 0 Å². The summed E-state index contributed by atoms with van der Waals surface area (Å²) in [5, 5.41) is 27.0. The predicted molar refractivity (Wildman–Crippen MR) is 122 cm³/mol. The zero-order valence-corrected chi connectivity index (χ0v) is 20.1. The number of amides is 3. The van der Waals surface area contributed by atoms with Crippen LogP contribution in [0.1, 0.15) is 39.7 Å². The average Bonchev–Trinajstić information content (AvgIpc) is 2.78. The summed E-state index contributed by atoms with van der Waals surface area (Å²) in [7, 11) is 1.12. The van der Waals surface area contributed by atoms with Crippen molar-refractivity contribution in [1.82, 2.24) is 16.0 Å². The van der Waals surface area contributed by atoms with E-state index in [9.17, 15) is 29.4 Å². The number of nitrogens with one attached hydrogen (secondary N) is 3. The molecule has 1 aromatic carbocycles. The molecule has 190 valence electrons. The van der Waals surface area contributed by atoms with E-state index in [1.54, 1.807) is 24.3 Å². The van der Waals surface area contributed by atoms with Crippen molar-refractivity contribution in [1.29, 1.82) is 0 Å². The maximum absolute atomic E-state index is 12.8. The molecule has 11 nitrogen and oxygen atoms in total. The Kier molecular flexibility index (Phi) is 12.0. The quantitative estimate of drug-likeness (QED) is 0.265. The Balaban J connectivity index is 2.86. The first-order valence-corrected chi connectivity index (χ1v) is 11.0. The lowest BCUT2D eigenvalue weighted by Crippen LogP contribution is -2.59. The first-order chi connectivity index (χ1) is 16.0. The van der Waals surface area contributed by atoms with Crippen molar-refractivity contribution in [3.8, 4) is 0 Å². The number of methoxy groups -OCH3 is 1.